The lowest BCUT2D eigenvalue weighted by molar-refractivity contribution is -0.0879. The van der Waals surface area contributed by atoms with Gasteiger partial charge in [-0.15, -0.1) is 0 Å². The maximum absolute atomic E-state index is 15.3. The number of methoxy groups -OCH3 is 1. The van der Waals surface area contributed by atoms with Crippen molar-refractivity contribution in [2.24, 2.45) is 17.6 Å². The van der Waals surface area contributed by atoms with E-state index in [0.717, 1.165) is 6.42 Å². The second kappa shape index (κ2) is 13.2. The zero-order chi connectivity index (χ0) is 25.4. The van der Waals surface area contributed by atoms with Gasteiger partial charge in [0.05, 0.1) is 10.6 Å². The molecule has 0 bridgehead atoms. The van der Waals surface area contributed by atoms with Crippen molar-refractivity contribution in [3.63, 3.8) is 0 Å². The van der Waals surface area contributed by atoms with E-state index in [-0.39, 0.29) is 16.6 Å². The minimum absolute atomic E-state index is 0.0470. The summed E-state index contributed by atoms with van der Waals surface area (Å²) in [5.41, 5.74) is 5.20. The molecule has 2 unspecified atom stereocenters. The largest absolute Gasteiger partial charge is 0.465 e. The van der Waals surface area contributed by atoms with Gasteiger partial charge in [-0.05, 0) is 56.9 Å². The van der Waals surface area contributed by atoms with E-state index in [0.29, 0.717) is 57.6 Å². The fraction of sp³-hybridized carbons (Fsp3) is 0.741. The quantitative estimate of drug-likeness (QED) is 0.319. The van der Waals surface area contributed by atoms with Gasteiger partial charge in [0.25, 0.3) is 0 Å². The Bertz CT molecular complexity index is 822. The van der Waals surface area contributed by atoms with Crippen LogP contribution in [0.15, 0.2) is 18.2 Å². The molecule has 4 N–H and O–H groups in total. The number of nitrogens with zero attached hydrogens (tertiary/aromatic N) is 1. The van der Waals surface area contributed by atoms with E-state index < -0.39 is 29.5 Å². The van der Waals surface area contributed by atoms with E-state index in [1.165, 1.54) is 43.1 Å². The molecule has 6 nitrogen and oxygen atoms in total. The number of ether oxygens (including phenoxy) is 1. The molecule has 1 aromatic carbocycles. The van der Waals surface area contributed by atoms with E-state index in [4.69, 9.17) is 22.1 Å². The molecule has 8 heteroatoms. The fourth-order valence-corrected chi connectivity index (χ4v) is 6.57. The van der Waals surface area contributed by atoms with Crippen LogP contribution in [0.3, 0.4) is 0 Å². The lowest BCUT2D eigenvalue weighted by Gasteiger charge is -2.48. The van der Waals surface area contributed by atoms with Gasteiger partial charge in [-0.25, -0.2) is 9.18 Å². The Morgan fingerprint density at radius 3 is 2.66 bits per heavy atom. The van der Waals surface area contributed by atoms with Crippen LogP contribution in [-0.2, 0) is 10.3 Å². The number of carbonyl (C=O) groups is 1. The summed E-state index contributed by atoms with van der Waals surface area (Å²) in [7, 11) is 1.62. The normalized spacial score (nSPS) is 24.2. The topological polar surface area (TPSA) is 96.0 Å². The van der Waals surface area contributed by atoms with Gasteiger partial charge < -0.3 is 25.6 Å². The summed E-state index contributed by atoms with van der Waals surface area (Å²) in [4.78, 5) is 13.7. The Kier molecular flexibility index (Phi) is 10.6. The molecule has 1 aliphatic carbocycles. The second-order valence-electron chi connectivity index (χ2n) is 10.5. The lowest BCUT2D eigenvalue weighted by atomic mass is 9.68. The number of carboxylic acid groups (broad SMARTS) is 1. The average Bonchev–Trinajstić information content (AvgIpc) is 2.84. The molecule has 1 saturated heterocycles. The zero-order valence-corrected chi connectivity index (χ0v) is 21.7. The minimum Gasteiger partial charge on any atom is -0.465 e. The standard InChI is InChI=1S/C27H42ClFN2O4/c1-35-16-6-5-14-27(34,22-11-7-13-23(28)25(22)29)21-12-8-15-31(26(32)33)24(21)18-20(30)17-19-9-3-2-4-10-19/h7,11,13,19-21,24,34H,2-6,8-10,12,14-18,30H2,1H3,(H,32,33)/t20-,21?,24?,27-/m0/s1. The first-order valence-corrected chi connectivity index (χ1v) is 13.6. The van der Waals surface area contributed by atoms with Crippen molar-refractivity contribution in [3.8, 4) is 0 Å². The molecule has 1 saturated carbocycles. The molecule has 1 amide bonds. The molecule has 1 aliphatic heterocycles. The molecular formula is C27H42ClFN2O4. The van der Waals surface area contributed by atoms with Crippen LogP contribution in [0.5, 0.6) is 0 Å². The summed E-state index contributed by atoms with van der Waals surface area (Å²) in [5.74, 6) is -0.557. The number of hydrogen-bond acceptors (Lipinski definition) is 4. The fourth-order valence-electron chi connectivity index (χ4n) is 6.40. The Morgan fingerprint density at radius 2 is 1.97 bits per heavy atom. The first-order chi connectivity index (χ1) is 16.8. The molecule has 0 spiro atoms. The van der Waals surface area contributed by atoms with Gasteiger partial charge in [0, 0.05) is 43.8 Å². The maximum Gasteiger partial charge on any atom is 0.407 e. The number of halogens is 2. The monoisotopic (exact) mass is 512 g/mol. The Morgan fingerprint density at radius 1 is 1.23 bits per heavy atom. The molecule has 1 aromatic rings. The van der Waals surface area contributed by atoms with Gasteiger partial charge >= 0.3 is 6.09 Å². The minimum atomic E-state index is -1.56. The number of hydrogen-bond donors (Lipinski definition) is 3. The van der Waals surface area contributed by atoms with Crippen LogP contribution < -0.4 is 5.73 Å². The van der Waals surface area contributed by atoms with Gasteiger partial charge in [0.2, 0.25) is 0 Å². The van der Waals surface area contributed by atoms with Crippen LogP contribution in [0, 0.1) is 17.7 Å². The van der Waals surface area contributed by atoms with Crippen molar-refractivity contribution in [1.82, 2.24) is 4.90 Å². The maximum atomic E-state index is 15.3. The third-order valence-corrected chi connectivity index (χ3v) is 8.41. The van der Waals surface area contributed by atoms with E-state index in [2.05, 4.69) is 0 Å². The number of rotatable bonds is 11. The van der Waals surface area contributed by atoms with Gasteiger partial charge in [0.1, 0.15) is 5.82 Å². The van der Waals surface area contributed by atoms with Crippen LogP contribution in [0.1, 0.15) is 82.6 Å². The van der Waals surface area contributed by atoms with Crippen LogP contribution in [-0.4, -0.2) is 53.6 Å². The van der Waals surface area contributed by atoms with Gasteiger partial charge in [-0.1, -0.05) is 55.8 Å². The molecule has 4 atom stereocenters. The molecule has 198 valence electrons. The van der Waals surface area contributed by atoms with Crippen LogP contribution in [0.2, 0.25) is 5.02 Å². The number of benzene rings is 1. The highest BCUT2D eigenvalue weighted by molar-refractivity contribution is 6.30. The van der Waals surface area contributed by atoms with Crippen molar-refractivity contribution in [1.29, 1.82) is 0 Å². The number of piperidine rings is 1. The van der Waals surface area contributed by atoms with Crippen molar-refractivity contribution in [3.05, 3.63) is 34.6 Å². The van der Waals surface area contributed by atoms with Crippen molar-refractivity contribution in [2.75, 3.05) is 20.3 Å². The predicted octanol–water partition coefficient (Wildman–Crippen LogP) is 5.93. The molecule has 2 aliphatic rings. The molecule has 1 heterocycles. The van der Waals surface area contributed by atoms with E-state index >= 15 is 4.39 Å². The highest BCUT2D eigenvalue weighted by Gasteiger charge is 2.48. The summed E-state index contributed by atoms with van der Waals surface area (Å²) < 4.78 is 20.5. The van der Waals surface area contributed by atoms with Gasteiger partial charge in [0.15, 0.2) is 0 Å². The Hall–Kier alpha value is -1.41. The van der Waals surface area contributed by atoms with E-state index in [1.54, 1.807) is 19.2 Å². The third kappa shape index (κ3) is 7.09. The van der Waals surface area contributed by atoms with E-state index in [1.807, 2.05) is 0 Å². The summed E-state index contributed by atoms with van der Waals surface area (Å²) in [6.45, 7) is 0.931. The molecular weight excluding hydrogens is 471 g/mol. The highest BCUT2D eigenvalue weighted by atomic mass is 35.5. The molecule has 0 radical (unpaired) electrons. The van der Waals surface area contributed by atoms with Crippen molar-refractivity contribution < 1.29 is 24.1 Å². The molecule has 2 fully saturated rings. The first kappa shape index (κ1) is 28.2. The first-order valence-electron chi connectivity index (χ1n) is 13.2. The molecule has 3 rings (SSSR count). The Balaban J connectivity index is 1.92. The second-order valence-corrected chi connectivity index (χ2v) is 10.9. The SMILES string of the molecule is COCCCC[C@@](O)(c1cccc(Cl)c1F)C1CCCN(C(=O)O)C1C[C@@H](N)CC1CCCCC1. The number of nitrogens with two attached hydrogens (primary N) is 1. The number of aliphatic hydroxyl groups is 1. The predicted molar refractivity (Wildman–Crippen MR) is 136 cm³/mol. The lowest BCUT2D eigenvalue weighted by Crippen LogP contribution is -2.56. The third-order valence-electron chi connectivity index (χ3n) is 8.12. The highest BCUT2D eigenvalue weighted by Crippen LogP contribution is 2.46. The zero-order valence-electron chi connectivity index (χ0n) is 20.9. The smallest absolute Gasteiger partial charge is 0.407 e. The molecule has 0 aromatic heterocycles. The number of likely N-dealkylation sites (tertiary alicyclic amines) is 1. The van der Waals surface area contributed by atoms with Crippen LogP contribution in [0.4, 0.5) is 9.18 Å². The van der Waals surface area contributed by atoms with Crippen LogP contribution in [0.25, 0.3) is 0 Å². The van der Waals surface area contributed by atoms with Gasteiger partial charge in [-0.3, -0.25) is 0 Å². The van der Waals surface area contributed by atoms with E-state index in [9.17, 15) is 15.0 Å². The van der Waals surface area contributed by atoms with Crippen LogP contribution >= 0.6 is 11.6 Å². The van der Waals surface area contributed by atoms with Crippen molar-refractivity contribution in [2.45, 2.75) is 94.7 Å². The number of amides is 1. The summed E-state index contributed by atoms with van der Waals surface area (Å²) in [5, 5.41) is 22.2. The number of unbranched alkanes of at least 4 members (excludes halogenated alkanes) is 1. The average molecular weight is 513 g/mol. The van der Waals surface area contributed by atoms with Crippen molar-refractivity contribution >= 4 is 17.7 Å². The summed E-state index contributed by atoms with van der Waals surface area (Å²) in [6, 6.07) is 4.02. The summed E-state index contributed by atoms with van der Waals surface area (Å²) >= 11 is 6.12. The van der Waals surface area contributed by atoms with Gasteiger partial charge in [-0.2, -0.15) is 0 Å². The molecule has 35 heavy (non-hydrogen) atoms. The Labute approximate surface area is 214 Å². The summed E-state index contributed by atoms with van der Waals surface area (Å²) in [6.07, 6.45) is 9.16.